The molecule has 0 bridgehead atoms. The first-order valence-electron chi connectivity index (χ1n) is 4.71. The van der Waals surface area contributed by atoms with Gasteiger partial charge in [0.25, 0.3) is 0 Å². The molecule has 1 aromatic heterocycles. The highest BCUT2D eigenvalue weighted by Gasteiger charge is 2.08. The average Bonchev–Trinajstić information content (AvgIpc) is 2.57. The van der Waals surface area contributed by atoms with Crippen LogP contribution >= 0.6 is 67.8 Å². The third-order valence-electron chi connectivity index (χ3n) is 2.59. The molecule has 0 atom stereocenters. The van der Waals surface area contributed by atoms with E-state index in [0.29, 0.717) is 0 Å². The molecule has 4 heteroatoms. The predicted molar refractivity (Wildman–Crippen MR) is 94.0 cm³/mol. The molecule has 0 fully saturated rings. The Bertz CT molecular complexity index is 700. The first kappa shape index (κ1) is 11.5. The molecule has 2 aromatic carbocycles. The smallest absolute Gasteiger partial charge is 0.0601 e. The van der Waals surface area contributed by atoms with Crippen LogP contribution in [-0.4, -0.2) is 4.98 Å². The van der Waals surface area contributed by atoms with Gasteiger partial charge in [0.05, 0.1) is 5.52 Å². The number of hydrogen-bond donors (Lipinski definition) is 1. The van der Waals surface area contributed by atoms with E-state index < -0.39 is 0 Å². The largest absolute Gasteiger partial charge is 0.354 e. The first-order chi connectivity index (χ1) is 7.65. The molecule has 0 unspecified atom stereocenters. The lowest BCUT2D eigenvalue weighted by Crippen LogP contribution is -1.77. The molecular formula is C12H6I3N. The number of H-pyrrole nitrogens is 1. The molecule has 3 aromatic rings. The number of fused-ring (bicyclic) bond motifs is 3. The number of benzene rings is 2. The van der Waals surface area contributed by atoms with Crippen molar-refractivity contribution in [2.75, 3.05) is 0 Å². The second-order valence-corrected chi connectivity index (χ2v) is 7.28. The topological polar surface area (TPSA) is 15.8 Å². The van der Waals surface area contributed by atoms with E-state index in [1.54, 1.807) is 0 Å². The Hall–Kier alpha value is 0.430. The molecule has 0 saturated heterocycles. The molecule has 0 spiro atoms. The molecule has 16 heavy (non-hydrogen) atoms. The molecule has 0 radical (unpaired) electrons. The number of rotatable bonds is 0. The molecule has 1 heterocycles. The van der Waals surface area contributed by atoms with Crippen molar-refractivity contribution in [3.05, 3.63) is 41.0 Å². The quantitative estimate of drug-likeness (QED) is 0.378. The normalized spacial score (nSPS) is 11.4. The van der Waals surface area contributed by atoms with E-state index in [0.717, 1.165) is 0 Å². The Labute approximate surface area is 134 Å². The lowest BCUT2D eigenvalue weighted by molar-refractivity contribution is 1.52. The number of nitrogens with one attached hydrogen (secondary N) is 1. The summed E-state index contributed by atoms with van der Waals surface area (Å²) < 4.78 is 3.85. The summed E-state index contributed by atoms with van der Waals surface area (Å²) in [4.78, 5) is 3.49. The Kier molecular flexibility index (Phi) is 3.07. The third kappa shape index (κ3) is 1.86. The van der Waals surface area contributed by atoms with Gasteiger partial charge in [-0.05, 0) is 98.1 Å². The van der Waals surface area contributed by atoms with Crippen LogP contribution in [0, 0.1) is 10.7 Å². The van der Waals surface area contributed by atoms with Gasteiger partial charge in [0.1, 0.15) is 0 Å². The van der Waals surface area contributed by atoms with Crippen LogP contribution in [0.15, 0.2) is 30.3 Å². The first-order valence-corrected chi connectivity index (χ1v) is 7.95. The molecule has 3 rings (SSSR count). The highest BCUT2D eigenvalue weighted by atomic mass is 127. The summed E-state index contributed by atoms with van der Waals surface area (Å²) in [5.41, 5.74) is 2.47. The van der Waals surface area contributed by atoms with Gasteiger partial charge in [0.2, 0.25) is 0 Å². The van der Waals surface area contributed by atoms with Gasteiger partial charge < -0.3 is 4.98 Å². The minimum absolute atomic E-state index is 1.22. The van der Waals surface area contributed by atoms with Gasteiger partial charge in [0.15, 0.2) is 0 Å². The summed E-state index contributed by atoms with van der Waals surface area (Å²) in [7, 11) is 0. The number of hydrogen-bond acceptors (Lipinski definition) is 0. The summed E-state index contributed by atoms with van der Waals surface area (Å²) in [6.07, 6.45) is 0. The van der Waals surface area contributed by atoms with Crippen LogP contribution in [0.4, 0.5) is 0 Å². The zero-order valence-electron chi connectivity index (χ0n) is 8.02. The molecular weight excluding hydrogens is 539 g/mol. The summed E-state index contributed by atoms with van der Waals surface area (Å²) in [5, 5.41) is 2.64. The molecule has 80 valence electrons. The zero-order chi connectivity index (χ0) is 11.3. The molecule has 1 nitrogen and oxygen atoms in total. The van der Waals surface area contributed by atoms with E-state index in [2.05, 4.69) is 103 Å². The van der Waals surface area contributed by atoms with Gasteiger partial charge >= 0.3 is 0 Å². The Morgan fingerprint density at radius 1 is 0.812 bits per heavy atom. The van der Waals surface area contributed by atoms with Gasteiger partial charge in [-0.15, -0.1) is 0 Å². The van der Waals surface area contributed by atoms with E-state index in [1.807, 2.05) is 0 Å². The molecule has 0 amide bonds. The summed E-state index contributed by atoms with van der Waals surface area (Å²) in [5.74, 6) is 0. The van der Waals surface area contributed by atoms with E-state index >= 15 is 0 Å². The highest BCUT2D eigenvalue weighted by molar-refractivity contribution is 14.1. The maximum absolute atomic E-state index is 3.49. The summed E-state index contributed by atoms with van der Waals surface area (Å²) in [6, 6.07) is 11.0. The van der Waals surface area contributed by atoms with Crippen molar-refractivity contribution in [1.82, 2.24) is 4.98 Å². The van der Waals surface area contributed by atoms with Crippen LogP contribution in [0.1, 0.15) is 0 Å². The SMILES string of the molecule is Ic1ccc2[nH]c3c(I)cc(I)cc3c2c1. The highest BCUT2D eigenvalue weighted by Crippen LogP contribution is 2.31. The zero-order valence-corrected chi connectivity index (χ0v) is 14.5. The Balaban J connectivity index is 2.57. The van der Waals surface area contributed by atoms with Crippen LogP contribution < -0.4 is 0 Å². The molecule has 1 N–H and O–H groups in total. The van der Waals surface area contributed by atoms with Crippen molar-refractivity contribution in [1.29, 1.82) is 0 Å². The number of aromatic amines is 1. The van der Waals surface area contributed by atoms with E-state index in [9.17, 15) is 0 Å². The van der Waals surface area contributed by atoms with Crippen molar-refractivity contribution in [3.63, 3.8) is 0 Å². The Morgan fingerprint density at radius 2 is 1.56 bits per heavy atom. The molecule has 0 aliphatic rings. The second-order valence-electron chi connectivity index (χ2n) is 3.63. The van der Waals surface area contributed by atoms with Crippen LogP contribution in [-0.2, 0) is 0 Å². The van der Waals surface area contributed by atoms with Gasteiger partial charge in [-0.25, -0.2) is 0 Å². The predicted octanol–water partition coefficient (Wildman–Crippen LogP) is 5.13. The molecule has 0 saturated carbocycles. The maximum Gasteiger partial charge on any atom is 0.0601 e. The standard InChI is InChI=1S/C12H6I3N/c13-6-1-2-11-8(3-6)9-4-7(14)5-10(15)12(9)16-11/h1-5,16H. The third-order valence-corrected chi connectivity index (χ3v) is 4.73. The van der Waals surface area contributed by atoms with Gasteiger partial charge in [-0.1, -0.05) is 0 Å². The fraction of sp³-hybridized carbons (Fsp3) is 0. The lowest BCUT2D eigenvalue weighted by Gasteiger charge is -1.96. The molecule has 0 aliphatic heterocycles. The van der Waals surface area contributed by atoms with Crippen molar-refractivity contribution in [2.45, 2.75) is 0 Å². The van der Waals surface area contributed by atoms with Crippen molar-refractivity contribution in [3.8, 4) is 0 Å². The minimum Gasteiger partial charge on any atom is -0.354 e. The minimum atomic E-state index is 1.22. The van der Waals surface area contributed by atoms with Crippen LogP contribution in [0.5, 0.6) is 0 Å². The monoisotopic (exact) mass is 545 g/mol. The van der Waals surface area contributed by atoms with Gasteiger partial charge in [-0.3, -0.25) is 0 Å². The van der Waals surface area contributed by atoms with Crippen molar-refractivity contribution in [2.24, 2.45) is 0 Å². The van der Waals surface area contributed by atoms with E-state index in [4.69, 9.17) is 0 Å². The Morgan fingerprint density at radius 3 is 2.38 bits per heavy atom. The second kappa shape index (κ2) is 4.27. The maximum atomic E-state index is 3.49. The van der Waals surface area contributed by atoms with Crippen LogP contribution in [0.25, 0.3) is 21.8 Å². The van der Waals surface area contributed by atoms with Crippen molar-refractivity contribution >= 4 is 89.6 Å². The fourth-order valence-corrected chi connectivity index (χ4v) is 4.37. The lowest BCUT2D eigenvalue weighted by atomic mass is 10.2. The van der Waals surface area contributed by atoms with Crippen LogP contribution in [0.3, 0.4) is 0 Å². The summed E-state index contributed by atoms with van der Waals surface area (Å²) >= 11 is 7.12. The fourth-order valence-electron chi connectivity index (χ4n) is 1.90. The van der Waals surface area contributed by atoms with E-state index in [-0.39, 0.29) is 0 Å². The molecule has 0 aliphatic carbocycles. The van der Waals surface area contributed by atoms with Crippen molar-refractivity contribution < 1.29 is 0 Å². The van der Waals surface area contributed by atoms with Gasteiger partial charge in [-0.2, -0.15) is 0 Å². The average molecular weight is 545 g/mol. The van der Waals surface area contributed by atoms with E-state index in [1.165, 1.54) is 32.5 Å². The summed E-state index contributed by atoms with van der Waals surface area (Å²) in [6.45, 7) is 0. The van der Waals surface area contributed by atoms with Crippen LogP contribution in [0.2, 0.25) is 0 Å². The number of aromatic nitrogens is 1. The number of halogens is 3. The van der Waals surface area contributed by atoms with Gasteiger partial charge in [0, 0.05) is 27.0 Å².